The van der Waals surface area contributed by atoms with E-state index in [1.165, 1.54) is 12.8 Å². The number of ether oxygens (including phenoxy) is 1. The molecule has 0 spiro atoms. The summed E-state index contributed by atoms with van der Waals surface area (Å²) in [6.45, 7) is 5.94. The fraction of sp³-hybridized carbons (Fsp3) is 0.929. The average molecular weight is 269 g/mol. The molecule has 2 aliphatic rings. The Hall–Kier alpha value is -0.650. The molecule has 0 saturated carbocycles. The number of likely N-dealkylation sites (N-methyl/N-ethyl adjacent to an activating group) is 1. The van der Waals surface area contributed by atoms with Gasteiger partial charge in [-0.1, -0.05) is 0 Å². The zero-order chi connectivity index (χ0) is 13.5. The fourth-order valence-electron chi connectivity index (χ4n) is 2.79. The lowest BCUT2D eigenvalue weighted by molar-refractivity contribution is -0.132. The summed E-state index contributed by atoms with van der Waals surface area (Å²) in [5, 5.41) is 3.32. The van der Waals surface area contributed by atoms with Crippen molar-refractivity contribution in [1.29, 1.82) is 0 Å². The van der Waals surface area contributed by atoms with Crippen molar-refractivity contribution >= 4 is 5.91 Å². The molecule has 2 aliphatic heterocycles. The van der Waals surface area contributed by atoms with Gasteiger partial charge in [0.1, 0.15) is 0 Å². The van der Waals surface area contributed by atoms with Crippen molar-refractivity contribution in [2.45, 2.75) is 31.8 Å². The molecule has 1 amide bonds. The zero-order valence-electron chi connectivity index (χ0n) is 12.1. The van der Waals surface area contributed by atoms with E-state index in [1.807, 2.05) is 11.9 Å². The van der Waals surface area contributed by atoms with Crippen LogP contribution < -0.4 is 5.32 Å². The fourth-order valence-corrected chi connectivity index (χ4v) is 2.79. The maximum Gasteiger partial charge on any atom is 0.236 e. The number of amides is 1. The van der Waals surface area contributed by atoms with Gasteiger partial charge in [-0.3, -0.25) is 9.69 Å². The van der Waals surface area contributed by atoms with Crippen LogP contribution in [0.15, 0.2) is 0 Å². The van der Waals surface area contributed by atoms with Crippen LogP contribution >= 0.6 is 0 Å². The number of rotatable bonds is 4. The molecule has 1 atom stereocenters. The average Bonchev–Trinajstić information content (AvgIpc) is 2.68. The van der Waals surface area contributed by atoms with Crippen molar-refractivity contribution in [3.05, 3.63) is 0 Å². The highest BCUT2D eigenvalue weighted by Gasteiger charge is 2.20. The van der Waals surface area contributed by atoms with E-state index in [9.17, 15) is 4.79 Å². The Morgan fingerprint density at radius 3 is 3.00 bits per heavy atom. The molecule has 110 valence electrons. The van der Waals surface area contributed by atoms with Crippen molar-refractivity contribution in [2.24, 2.45) is 0 Å². The van der Waals surface area contributed by atoms with Crippen molar-refractivity contribution in [2.75, 3.05) is 52.9 Å². The minimum absolute atomic E-state index is 0.252. The third kappa shape index (κ3) is 5.09. The van der Waals surface area contributed by atoms with E-state index < -0.39 is 0 Å². The number of hydrogen-bond donors (Lipinski definition) is 1. The number of nitrogens with zero attached hydrogens (tertiary/aromatic N) is 2. The van der Waals surface area contributed by atoms with Gasteiger partial charge in [0.15, 0.2) is 0 Å². The first-order valence-electron chi connectivity index (χ1n) is 7.54. The zero-order valence-corrected chi connectivity index (χ0v) is 12.1. The largest absolute Gasteiger partial charge is 0.377 e. The maximum absolute atomic E-state index is 12.2. The topological polar surface area (TPSA) is 44.8 Å². The summed E-state index contributed by atoms with van der Waals surface area (Å²) in [5.41, 5.74) is 0. The molecule has 0 aromatic carbocycles. The molecule has 0 aromatic heterocycles. The number of carbonyl (C=O) groups is 1. The van der Waals surface area contributed by atoms with Gasteiger partial charge in [0, 0.05) is 32.8 Å². The van der Waals surface area contributed by atoms with Crippen LogP contribution in [0, 0.1) is 0 Å². The maximum atomic E-state index is 12.2. The predicted octanol–water partition coefficient (Wildman–Crippen LogP) is 0.309. The number of nitrogens with one attached hydrogen (secondary N) is 1. The molecule has 2 saturated heterocycles. The Labute approximate surface area is 116 Å². The summed E-state index contributed by atoms with van der Waals surface area (Å²) in [4.78, 5) is 16.3. The lowest BCUT2D eigenvalue weighted by Crippen LogP contribution is -2.43. The first-order valence-corrected chi connectivity index (χ1v) is 7.54. The monoisotopic (exact) mass is 269 g/mol. The highest BCUT2D eigenvalue weighted by atomic mass is 16.5. The Kier molecular flexibility index (Phi) is 6.07. The Morgan fingerprint density at radius 1 is 1.32 bits per heavy atom. The minimum Gasteiger partial charge on any atom is -0.377 e. The molecular weight excluding hydrogens is 242 g/mol. The second-order valence-corrected chi connectivity index (χ2v) is 5.67. The van der Waals surface area contributed by atoms with Crippen molar-refractivity contribution in [3.63, 3.8) is 0 Å². The molecule has 0 bridgehead atoms. The molecule has 2 heterocycles. The van der Waals surface area contributed by atoms with Gasteiger partial charge in [0.25, 0.3) is 0 Å². The van der Waals surface area contributed by atoms with Gasteiger partial charge in [-0.15, -0.1) is 0 Å². The van der Waals surface area contributed by atoms with Gasteiger partial charge in [0.05, 0.1) is 12.6 Å². The summed E-state index contributed by atoms with van der Waals surface area (Å²) < 4.78 is 5.72. The Balaban J connectivity index is 1.70. The Morgan fingerprint density at radius 2 is 2.21 bits per heavy atom. The molecule has 5 nitrogen and oxygen atoms in total. The molecule has 1 N–H and O–H groups in total. The van der Waals surface area contributed by atoms with Crippen LogP contribution in [0.25, 0.3) is 0 Å². The van der Waals surface area contributed by atoms with E-state index in [4.69, 9.17) is 4.74 Å². The highest BCUT2D eigenvalue weighted by Crippen LogP contribution is 2.13. The van der Waals surface area contributed by atoms with Gasteiger partial charge < -0.3 is 15.0 Å². The van der Waals surface area contributed by atoms with E-state index in [0.29, 0.717) is 12.6 Å². The van der Waals surface area contributed by atoms with Gasteiger partial charge in [-0.05, 0) is 39.3 Å². The number of hydrogen-bond acceptors (Lipinski definition) is 4. The van der Waals surface area contributed by atoms with E-state index >= 15 is 0 Å². The Bertz CT molecular complexity index is 272. The SMILES string of the molecule is CN(CC(=O)N1CCCNCC1)CC1CCCCO1. The van der Waals surface area contributed by atoms with Crippen LogP contribution in [0.2, 0.25) is 0 Å². The van der Waals surface area contributed by atoms with Gasteiger partial charge in [0.2, 0.25) is 5.91 Å². The standard InChI is InChI=1S/C14H27N3O2/c1-16(11-13-5-2-3-10-19-13)12-14(18)17-8-4-6-15-7-9-17/h13,15H,2-12H2,1H3. The summed E-state index contributed by atoms with van der Waals surface area (Å²) in [7, 11) is 2.02. The summed E-state index contributed by atoms with van der Waals surface area (Å²) >= 11 is 0. The normalized spacial score (nSPS) is 25.4. The van der Waals surface area contributed by atoms with Gasteiger partial charge >= 0.3 is 0 Å². The molecule has 0 aromatic rings. The van der Waals surface area contributed by atoms with Gasteiger partial charge in [-0.25, -0.2) is 0 Å². The second-order valence-electron chi connectivity index (χ2n) is 5.67. The van der Waals surface area contributed by atoms with Gasteiger partial charge in [-0.2, -0.15) is 0 Å². The molecule has 19 heavy (non-hydrogen) atoms. The molecule has 2 fully saturated rings. The summed E-state index contributed by atoms with van der Waals surface area (Å²) in [6.07, 6.45) is 4.94. The van der Waals surface area contributed by atoms with Crippen molar-refractivity contribution in [1.82, 2.24) is 15.1 Å². The molecule has 0 radical (unpaired) electrons. The quantitative estimate of drug-likeness (QED) is 0.798. The predicted molar refractivity (Wildman–Crippen MR) is 75.2 cm³/mol. The third-order valence-electron chi connectivity index (χ3n) is 3.89. The number of carbonyl (C=O) groups excluding carboxylic acids is 1. The lowest BCUT2D eigenvalue weighted by Gasteiger charge is -2.28. The van der Waals surface area contributed by atoms with E-state index in [2.05, 4.69) is 10.2 Å². The van der Waals surface area contributed by atoms with E-state index in [-0.39, 0.29) is 5.91 Å². The first kappa shape index (κ1) is 14.8. The van der Waals surface area contributed by atoms with Crippen LogP contribution in [0.4, 0.5) is 0 Å². The smallest absolute Gasteiger partial charge is 0.236 e. The van der Waals surface area contributed by atoms with Crippen LogP contribution in [0.1, 0.15) is 25.7 Å². The summed E-state index contributed by atoms with van der Waals surface area (Å²) in [5.74, 6) is 0.252. The highest BCUT2D eigenvalue weighted by molar-refractivity contribution is 5.78. The van der Waals surface area contributed by atoms with Crippen molar-refractivity contribution in [3.8, 4) is 0 Å². The van der Waals surface area contributed by atoms with E-state index in [0.717, 1.165) is 52.2 Å². The molecule has 5 heteroatoms. The third-order valence-corrected chi connectivity index (χ3v) is 3.89. The van der Waals surface area contributed by atoms with Crippen molar-refractivity contribution < 1.29 is 9.53 Å². The van der Waals surface area contributed by atoms with Crippen LogP contribution in [-0.4, -0.2) is 74.7 Å². The van der Waals surface area contributed by atoms with Crippen LogP contribution in [-0.2, 0) is 9.53 Å². The second kappa shape index (κ2) is 7.82. The summed E-state index contributed by atoms with van der Waals surface area (Å²) in [6, 6.07) is 0. The minimum atomic E-state index is 0.252. The molecule has 0 aliphatic carbocycles. The van der Waals surface area contributed by atoms with Crippen LogP contribution in [0.5, 0.6) is 0 Å². The lowest BCUT2D eigenvalue weighted by atomic mass is 10.1. The molecule has 2 rings (SSSR count). The molecule has 1 unspecified atom stereocenters. The van der Waals surface area contributed by atoms with E-state index in [1.54, 1.807) is 0 Å². The molecular formula is C14H27N3O2. The first-order chi connectivity index (χ1) is 9.25. The van der Waals surface area contributed by atoms with Crippen LogP contribution in [0.3, 0.4) is 0 Å².